The maximum atomic E-state index is 12.8. The molecule has 0 bridgehead atoms. The molecule has 0 saturated carbocycles. The number of rotatable bonds is 5. The lowest BCUT2D eigenvalue weighted by molar-refractivity contribution is 0.0977. The van der Waals surface area contributed by atoms with Crippen molar-refractivity contribution in [1.82, 2.24) is 10.3 Å². The normalized spacial score (nSPS) is 11.1. The summed E-state index contributed by atoms with van der Waals surface area (Å²) in [5, 5.41) is 6.51. The fraction of sp³-hybridized carbons (Fsp3) is 0.174. The third-order valence-electron chi connectivity index (χ3n) is 4.56. The van der Waals surface area contributed by atoms with Gasteiger partial charge in [-0.2, -0.15) is 0 Å². The largest absolute Gasteiger partial charge is 0.495 e. The molecule has 1 aromatic heterocycles. The number of carbonyl (C=O) groups is 1. The van der Waals surface area contributed by atoms with Crippen LogP contribution in [-0.2, 0) is 6.54 Å². The minimum absolute atomic E-state index is 0.267. The molecular formula is C23H23ClN4O2. The van der Waals surface area contributed by atoms with Crippen LogP contribution in [0.15, 0.2) is 65.9 Å². The van der Waals surface area contributed by atoms with E-state index in [1.54, 1.807) is 43.8 Å². The SMILES string of the molecule is COc1ccc(Cl)cc1NC(=NCc1cccnc1)NC(=O)c1ccc(C)c(C)c1. The molecule has 0 spiro atoms. The van der Waals surface area contributed by atoms with Crippen LogP contribution in [0.1, 0.15) is 27.0 Å². The fourth-order valence-corrected chi connectivity index (χ4v) is 2.91. The molecule has 30 heavy (non-hydrogen) atoms. The molecule has 0 aliphatic carbocycles. The molecule has 0 unspecified atom stereocenters. The van der Waals surface area contributed by atoms with Crippen molar-refractivity contribution in [1.29, 1.82) is 0 Å². The number of nitrogens with zero attached hydrogens (tertiary/aromatic N) is 2. The summed E-state index contributed by atoms with van der Waals surface area (Å²) < 4.78 is 5.38. The van der Waals surface area contributed by atoms with Crippen LogP contribution in [0.4, 0.5) is 5.69 Å². The summed E-state index contributed by atoms with van der Waals surface area (Å²) in [7, 11) is 1.56. The zero-order valence-corrected chi connectivity index (χ0v) is 17.8. The Morgan fingerprint density at radius 1 is 1.13 bits per heavy atom. The molecule has 3 aromatic rings. The molecule has 2 aromatic carbocycles. The third kappa shape index (κ3) is 5.58. The zero-order valence-electron chi connectivity index (χ0n) is 17.1. The monoisotopic (exact) mass is 422 g/mol. The van der Waals surface area contributed by atoms with Gasteiger partial charge in [-0.1, -0.05) is 23.7 Å². The minimum atomic E-state index is -0.267. The first kappa shape index (κ1) is 21.3. The van der Waals surface area contributed by atoms with Crippen LogP contribution >= 0.6 is 11.6 Å². The van der Waals surface area contributed by atoms with Gasteiger partial charge in [0.15, 0.2) is 0 Å². The Morgan fingerprint density at radius 2 is 1.97 bits per heavy atom. The van der Waals surface area contributed by atoms with Gasteiger partial charge in [0.1, 0.15) is 5.75 Å². The molecule has 7 heteroatoms. The van der Waals surface area contributed by atoms with E-state index in [1.807, 2.05) is 38.1 Å². The van der Waals surface area contributed by atoms with E-state index in [0.717, 1.165) is 16.7 Å². The standard InChI is InChI=1S/C23H23ClN4O2/c1-15-6-7-18(11-16(15)2)22(29)28-23(26-14-17-5-4-10-25-13-17)27-20-12-19(24)8-9-21(20)30-3/h4-13H,14H2,1-3H3,(H2,26,27,28,29). The predicted molar refractivity (Wildman–Crippen MR) is 120 cm³/mol. The maximum absolute atomic E-state index is 12.8. The van der Waals surface area contributed by atoms with Crippen LogP contribution < -0.4 is 15.4 Å². The summed E-state index contributed by atoms with van der Waals surface area (Å²) in [5.74, 6) is 0.591. The minimum Gasteiger partial charge on any atom is -0.495 e. The first-order chi connectivity index (χ1) is 14.5. The average Bonchev–Trinajstić information content (AvgIpc) is 2.75. The number of aryl methyl sites for hydroxylation is 2. The second-order valence-corrected chi connectivity index (χ2v) is 7.19. The van der Waals surface area contributed by atoms with Crippen molar-refractivity contribution in [2.45, 2.75) is 20.4 Å². The Labute approximate surface area is 181 Å². The van der Waals surface area contributed by atoms with Crippen molar-refractivity contribution in [2.24, 2.45) is 4.99 Å². The zero-order chi connectivity index (χ0) is 21.5. The number of hydrogen-bond acceptors (Lipinski definition) is 4. The number of ether oxygens (including phenoxy) is 1. The maximum Gasteiger partial charge on any atom is 0.257 e. The van der Waals surface area contributed by atoms with Crippen molar-refractivity contribution in [3.05, 3.63) is 88.2 Å². The van der Waals surface area contributed by atoms with Crippen molar-refractivity contribution in [3.63, 3.8) is 0 Å². The molecule has 0 radical (unpaired) electrons. The van der Waals surface area contributed by atoms with Gasteiger partial charge in [-0.05, 0) is 66.9 Å². The second kappa shape index (κ2) is 9.89. The molecule has 1 amide bonds. The van der Waals surface area contributed by atoms with E-state index in [0.29, 0.717) is 28.6 Å². The average molecular weight is 423 g/mol. The Bertz CT molecular complexity index is 1070. The van der Waals surface area contributed by atoms with E-state index in [1.165, 1.54) is 0 Å². The van der Waals surface area contributed by atoms with Gasteiger partial charge in [0.2, 0.25) is 5.96 Å². The lowest BCUT2D eigenvalue weighted by Crippen LogP contribution is -2.36. The first-order valence-electron chi connectivity index (χ1n) is 9.39. The molecule has 1 heterocycles. The Morgan fingerprint density at radius 3 is 2.67 bits per heavy atom. The molecule has 0 atom stereocenters. The van der Waals surface area contributed by atoms with Crippen molar-refractivity contribution in [3.8, 4) is 5.75 Å². The van der Waals surface area contributed by atoms with Gasteiger partial charge in [0.25, 0.3) is 5.91 Å². The van der Waals surface area contributed by atoms with Crippen LogP contribution in [-0.4, -0.2) is 24.0 Å². The Hall–Kier alpha value is -3.38. The van der Waals surface area contributed by atoms with Crippen molar-refractivity contribution >= 4 is 29.2 Å². The van der Waals surface area contributed by atoms with Gasteiger partial charge in [-0.25, -0.2) is 4.99 Å². The number of aliphatic imine (C=N–C) groups is 1. The van der Waals surface area contributed by atoms with E-state index < -0.39 is 0 Å². The topological polar surface area (TPSA) is 75.6 Å². The van der Waals surface area contributed by atoms with Crippen LogP contribution in [0.25, 0.3) is 0 Å². The Kier molecular flexibility index (Phi) is 7.03. The van der Waals surface area contributed by atoms with E-state index >= 15 is 0 Å². The summed E-state index contributed by atoms with van der Waals surface area (Å²) in [6.45, 7) is 4.32. The highest BCUT2D eigenvalue weighted by Gasteiger charge is 2.13. The molecule has 6 nitrogen and oxygen atoms in total. The highest BCUT2D eigenvalue weighted by molar-refractivity contribution is 6.31. The van der Waals surface area contributed by atoms with E-state index in [9.17, 15) is 4.79 Å². The lowest BCUT2D eigenvalue weighted by atomic mass is 10.1. The van der Waals surface area contributed by atoms with E-state index in [4.69, 9.17) is 16.3 Å². The number of halogens is 1. The number of carbonyl (C=O) groups excluding carboxylic acids is 1. The van der Waals surface area contributed by atoms with E-state index in [-0.39, 0.29) is 11.9 Å². The number of amides is 1. The highest BCUT2D eigenvalue weighted by Crippen LogP contribution is 2.27. The second-order valence-electron chi connectivity index (χ2n) is 6.75. The van der Waals surface area contributed by atoms with Gasteiger partial charge in [0, 0.05) is 23.0 Å². The number of benzene rings is 2. The number of hydrogen-bond donors (Lipinski definition) is 2. The third-order valence-corrected chi connectivity index (χ3v) is 4.79. The van der Waals surface area contributed by atoms with Crippen LogP contribution in [0.2, 0.25) is 5.02 Å². The summed E-state index contributed by atoms with van der Waals surface area (Å²) in [4.78, 5) is 21.5. The predicted octanol–water partition coefficient (Wildman–Crippen LogP) is 4.76. The quantitative estimate of drug-likeness (QED) is 0.459. The first-order valence-corrected chi connectivity index (χ1v) is 9.76. The van der Waals surface area contributed by atoms with Gasteiger partial charge in [0.05, 0.1) is 19.3 Å². The number of pyridine rings is 1. The smallest absolute Gasteiger partial charge is 0.257 e. The van der Waals surface area contributed by atoms with Crippen LogP contribution in [0.5, 0.6) is 5.75 Å². The number of methoxy groups -OCH3 is 1. The van der Waals surface area contributed by atoms with Crippen LogP contribution in [0.3, 0.4) is 0 Å². The summed E-state index contributed by atoms with van der Waals surface area (Å²) in [6.07, 6.45) is 3.43. The molecule has 0 aliphatic heterocycles. The van der Waals surface area contributed by atoms with Crippen molar-refractivity contribution in [2.75, 3.05) is 12.4 Å². The summed E-state index contributed by atoms with van der Waals surface area (Å²) in [6, 6.07) is 14.5. The summed E-state index contributed by atoms with van der Waals surface area (Å²) >= 11 is 6.13. The van der Waals surface area contributed by atoms with Gasteiger partial charge in [-0.15, -0.1) is 0 Å². The van der Waals surface area contributed by atoms with Gasteiger partial charge in [-0.3, -0.25) is 15.1 Å². The van der Waals surface area contributed by atoms with Crippen molar-refractivity contribution < 1.29 is 9.53 Å². The Balaban J connectivity index is 1.88. The number of anilines is 1. The van der Waals surface area contributed by atoms with Gasteiger partial charge < -0.3 is 10.1 Å². The molecule has 0 aliphatic rings. The number of aromatic nitrogens is 1. The van der Waals surface area contributed by atoms with Crippen LogP contribution in [0, 0.1) is 13.8 Å². The summed E-state index contributed by atoms with van der Waals surface area (Å²) in [5.41, 5.74) is 4.22. The highest BCUT2D eigenvalue weighted by atomic mass is 35.5. The number of nitrogens with one attached hydrogen (secondary N) is 2. The van der Waals surface area contributed by atoms with Gasteiger partial charge >= 0.3 is 0 Å². The fourth-order valence-electron chi connectivity index (χ4n) is 2.74. The lowest BCUT2D eigenvalue weighted by Gasteiger charge is -2.15. The molecule has 0 fully saturated rings. The number of guanidine groups is 1. The molecular weight excluding hydrogens is 400 g/mol. The van der Waals surface area contributed by atoms with E-state index in [2.05, 4.69) is 20.6 Å². The molecule has 2 N–H and O–H groups in total. The molecule has 3 rings (SSSR count). The molecule has 0 saturated heterocycles. The molecule has 154 valence electrons.